The molecule has 3 heteroatoms. The van der Waals surface area contributed by atoms with E-state index in [0.29, 0.717) is 11.5 Å². The van der Waals surface area contributed by atoms with E-state index >= 15 is 0 Å². The van der Waals surface area contributed by atoms with Crippen molar-refractivity contribution in [2.45, 2.75) is 63.4 Å². The number of halogens is 2. The molecule has 0 bridgehead atoms. The van der Waals surface area contributed by atoms with Gasteiger partial charge in [0.2, 0.25) is 0 Å². The zero-order valence-corrected chi connectivity index (χ0v) is 14.3. The highest BCUT2D eigenvalue weighted by atomic mass is 79.9. The van der Waals surface area contributed by atoms with Crippen LogP contribution < -0.4 is 4.74 Å². The summed E-state index contributed by atoms with van der Waals surface area (Å²) in [6, 6.07) is 6.25. The fourth-order valence-corrected chi connectivity index (χ4v) is 4.51. The van der Waals surface area contributed by atoms with Crippen LogP contribution in [0.15, 0.2) is 22.7 Å². The Balaban J connectivity index is 1.75. The maximum absolute atomic E-state index is 6.59. The predicted molar refractivity (Wildman–Crippen MR) is 87.7 cm³/mol. The second-order valence-corrected chi connectivity index (χ2v) is 7.75. The van der Waals surface area contributed by atoms with Crippen molar-refractivity contribution in [1.29, 1.82) is 0 Å². The van der Waals surface area contributed by atoms with Gasteiger partial charge in [0.05, 0.1) is 0 Å². The Labute approximate surface area is 135 Å². The topological polar surface area (TPSA) is 9.23 Å². The SMILES string of the molecule is Cc1cc(OC2CC(Cl)C23CCCCCC3)ccc1Br. The fraction of sp³-hybridized carbons (Fsp3) is 0.647. The van der Waals surface area contributed by atoms with Crippen LogP contribution in [-0.4, -0.2) is 11.5 Å². The summed E-state index contributed by atoms with van der Waals surface area (Å²) in [5.74, 6) is 0.989. The van der Waals surface area contributed by atoms with Crippen molar-refractivity contribution in [3.8, 4) is 5.75 Å². The van der Waals surface area contributed by atoms with E-state index in [9.17, 15) is 0 Å². The van der Waals surface area contributed by atoms with Gasteiger partial charge in [-0.05, 0) is 43.5 Å². The van der Waals surface area contributed by atoms with Crippen LogP contribution in [0.25, 0.3) is 0 Å². The first-order valence-corrected chi connectivity index (χ1v) is 8.92. The smallest absolute Gasteiger partial charge is 0.120 e. The molecule has 2 unspecified atom stereocenters. The van der Waals surface area contributed by atoms with Gasteiger partial charge in [-0.2, -0.15) is 0 Å². The molecule has 2 fully saturated rings. The Bertz CT molecular complexity index is 480. The van der Waals surface area contributed by atoms with E-state index in [1.807, 2.05) is 0 Å². The molecule has 2 atom stereocenters. The van der Waals surface area contributed by atoms with Crippen LogP contribution in [0.5, 0.6) is 5.75 Å². The highest BCUT2D eigenvalue weighted by Crippen LogP contribution is 2.55. The molecule has 3 rings (SSSR count). The van der Waals surface area contributed by atoms with E-state index in [0.717, 1.165) is 16.6 Å². The summed E-state index contributed by atoms with van der Waals surface area (Å²) in [7, 11) is 0. The molecule has 2 aliphatic rings. The largest absolute Gasteiger partial charge is 0.490 e. The minimum atomic E-state index is 0.235. The van der Waals surface area contributed by atoms with Crippen LogP contribution in [0.3, 0.4) is 0 Å². The van der Waals surface area contributed by atoms with Crippen molar-refractivity contribution in [3.63, 3.8) is 0 Å². The normalized spacial score (nSPS) is 28.8. The lowest BCUT2D eigenvalue weighted by Crippen LogP contribution is -2.57. The number of hydrogen-bond donors (Lipinski definition) is 0. The molecular formula is C17H22BrClO. The first-order chi connectivity index (χ1) is 9.62. The third kappa shape index (κ3) is 2.62. The average molecular weight is 358 g/mol. The second-order valence-electron chi connectivity index (χ2n) is 6.37. The van der Waals surface area contributed by atoms with Crippen LogP contribution in [0.1, 0.15) is 50.5 Å². The molecule has 0 radical (unpaired) electrons. The van der Waals surface area contributed by atoms with E-state index in [-0.39, 0.29) is 5.41 Å². The molecule has 2 aliphatic carbocycles. The lowest BCUT2D eigenvalue weighted by atomic mass is 9.61. The molecule has 1 nitrogen and oxygen atoms in total. The zero-order chi connectivity index (χ0) is 14.2. The van der Waals surface area contributed by atoms with Crippen molar-refractivity contribution in [2.24, 2.45) is 5.41 Å². The number of ether oxygens (including phenoxy) is 1. The minimum absolute atomic E-state index is 0.235. The maximum atomic E-state index is 6.59. The minimum Gasteiger partial charge on any atom is -0.490 e. The Morgan fingerprint density at radius 1 is 1.20 bits per heavy atom. The highest BCUT2D eigenvalue weighted by molar-refractivity contribution is 9.10. The highest BCUT2D eigenvalue weighted by Gasteiger charge is 2.55. The Hall–Kier alpha value is -0.210. The van der Waals surface area contributed by atoms with Gasteiger partial charge in [0, 0.05) is 21.7 Å². The van der Waals surface area contributed by atoms with Crippen molar-refractivity contribution >= 4 is 27.5 Å². The summed E-state index contributed by atoms with van der Waals surface area (Å²) in [5.41, 5.74) is 1.46. The van der Waals surface area contributed by atoms with Crippen LogP contribution >= 0.6 is 27.5 Å². The van der Waals surface area contributed by atoms with Crippen LogP contribution in [0.4, 0.5) is 0 Å². The number of rotatable bonds is 2. The third-order valence-corrected chi connectivity index (χ3v) is 6.63. The summed E-state index contributed by atoms with van der Waals surface area (Å²) in [6.07, 6.45) is 9.11. The van der Waals surface area contributed by atoms with Gasteiger partial charge in [0.15, 0.2) is 0 Å². The summed E-state index contributed by atoms with van der Waals surface area (Å²) in [6.45, 7) is 2.10. The van der Waals surface area contributed by atoms with Crippen molar-refractivity contribution in [2.75, 3.05) is 0 Å². The predicted octanol–water partition coefficient (Wildman–Crippen LogP) is 5.86. The van der Waals surface area contributed by atoms with Crippen LogP contribution in [-0.2, 0) is 0 Å². The lowest BCUT2D eigenvalue weighted by molar-refractivity contribution is -0.0512. The average Bonchev–Trinajstić information content (AvgIpc) is 2.70. The molecule has 1 aromatic carbocycles. The summed E-state index contributed by atoms with van der Waals surface area (Å²) < 4.78 is 7.44. The van der Waals surface area contributed by atoms with Gasteiger partial charge in [-0.25, -0.2) is 0 Å². The molecular weight excluding hydrogens is 336 g/mol. The summed E-state index contributed by atoms with van der Waals surface area (Å²) in [5, 5.41) is 0.308. The molecule has 1 spiro atoms. The molecule has 0 aromatic heterocycles. The van der Waals surface area contributed by atoms with Crippen molar-refractivity contribution < 1.29 is 4.74 Å². The number of aryl methyl sites for hydroxylation is 1. The standard InChI is InChI=1S/C17H22BrClO/c1-12-10-13(6-7-14(12)18)20-16-11-15(19)17(16)8-4-2-3-5-9-17/h6-7,10,15-16H,2-5,8-9,11H2,1H3. The Morgan fingerprint density at radius 3 is 2.50 bits per heavy atom. The monoisotopic (exact) mass is 356 g/mol. The van der Waals surface area contributed by atoms with E-state index in [1.165, 1.54) is 44.1 Å². The quantitative estimate of drug-likeness (QED) is 0.603. The summed E-state index contributed by atoms with van der Waals surface area (Å²) in [4.78, 5) is 0. The molecule has 0 heterocycles. The van der Waals surface area contributed by atoms with Gasteiger partial charge in [-0.3, -0.25) is 0 Å². The zero-order valence-electron chi connectivity index (χ0n) is 12.0. The van der Waals surface area contributed by atoms with Gasteiger partial charge < -0.3 is 4.74 Å². The Kier molecular flexibility index (Phi) is 4.33. The summed E-state index contributed by atoms with van der Waals surface area (Å²) >= 11 is 10.1. The van der Waals surface area contributed by atoms with Crippen molar-refractivity contribution in [1.82, 2.24) is 0 Å². The molecule has 0 N–H and O–H groups in total. The van der Waals surface area contributed by atoms with Crippen LogP contribution in [0, 0.1) is 12.3 Å². The van der Waals surface area contributed by atoms with Crippen LogP contribution in [0.2, 0.25) is 0 Å². The van der Waals surface area contributed by atoms with E-state index in [2.05, 4.69) is 41.1 Å². The molecule has 0 aliphatic heterocycles. The molecule has 1 aromatic rings. The van der Waals surface area contributed by atoms with Gasteiger partial charge in [-0.15, -0.1) is 11.6 Å². The molecule has 0 saturated heterocycles. The van der Waals surface area contributed by atoms with Gasteiger partial charge in [0.1, 0.15) is 11.9 Å². The van der Waals surface area contributed by atoms with Gasteiger partial charge in [0.25, 0.3) is 0 Å². The van der Waals surface area contributed by atoms with Gasteiger partial charge in [-0.1, -0.05) is 41.6 Å². The Morgan fingerprint density at radius 2 is 1.90 bits per heavy atom. The lowest BCUT2D eigenvalue weighted by Gasteiger charge is -2.53. The molecule has 2 saturated carbocycles. The fourth-order valence-electron chi connectivity index (χ4n) is 3.74. The maximum Gasteiger partial charge on any atom is 0.120 e. The van der Waals surface area contributed by atoms with Gasteiger partial charge >= 0.3 is 0 Å². The number of alkyl halides is 1. The molecule has 0 amide bonds. The molecule has 110 valence electrons. The third-order valence-electron chi connectivity index (χ3n) is 5.13. The van der Waals surface area contributed by atoms with Crippen molar-refractivity contribution in [3.05, 3.63) is 28.2 Å². The van der Waals surface area contributed by atoms with E-state index in [1.54, 1.807) is 0 Å². The second kappa shape index (κ2) is 5.88. The van der Waals surface area contributed by atoms with E-state index < -0.39 is 0 Å². The first-order valence-electron chi connectivity index (χ1n) is 7.69. The number of hydrogen-bond acceptors (Lipinski definition) is 1. The number of benzene rings is 1. The molecule has 20 heavy (non-hydrogen) atoms. The van der Waals surface area contributed by atoms with E-state index in [4.69, 9.17) is 16.3 Å². The first kappa shape index (κ1) is 14.7.